The van der Waals surface area contributed by atoms with Crippen LogP contribution >= 0.6 is 0 Å². The highest BCUT2D eigenvalue weighted by atomic mass is 16.5. The van der Waals surface area contributed by atoms with E-state index in [1.54, 1.807) is 0 Å². The molecule has 1 unspecified atom stereocenters. The molecule has 0 aromatic heterocycles. The van der Waals surface area contributed by atoms with Crippen LogP contribution < -0.4 is 4.74 Å². The predicted molar refractivity (Wildman–Crippen MR) is 77.7 cm³/mol. The Morgan fingerprint density at radius 1 is 1.37 bits per heavy atom. The van der Waals surface area contributed by atoms with Gasteiger partial charge in [-0.15, -0.1) is 0 Å². The first-order valence-electron chi connectivity index (χ1n) is 7.25. The van der Waals surface area contributed by atoms with E-state index in [1.807, 2.05) is 0 Å². The highest BCUT2D eigenvalue weighted by Crippen LogP contribution is 2.19. The van der Waals surface area contributed by atoms with E-state index in [0.29, 0.717) is 0 Å². The van der Waals surface area contributed by atoms with Crippen LogP contribution in [-0.4, -0.2) is 42.4 Å². The van der Waals surface area contributed by atoms with E-state index in [4.69, 9.17) is 4.74 Å². The second-order valence-corrected chi connectivity index (χ2v) is 5.57. The van der Waals surface area contributed by atoms with Gasteiger partial charge >= 0.3 is 0 Å². The van der Waals surface area contributed by atoms with Crippen LogP contribution in [0, 0.1) is 13.8 Å². The molecule has 3 heteroatoms. The lowest BCUT2D eigenvalue weighted by Crippen LogP contribution is -2.39. The van der Waals surface area contributed by atoms with E-state index in [1.165, 1.54) is 11.1 Å². The number of aliphatic hydroxyl groups excluding tert-OH is 1. The van der Waals surface area contributed by atoms with Crippen molar-refractivity contribution < 1.29 is 9.84 Å². The van der Waals surface area contributed by atoms with Gasteiger partial charge in [-0.25, -0.2) is 0 Å². The zero-order valence-electron chi connectivity index (χ0n) is 12.1. The van der Waals surface area contributed by atoms with Crippen LogP contribution in [0.15, 0.2) is 18.2 Å². The molecule has 1 atom stereocenters. The van der Waals surface area contributed by atoms with Crippen molar-refractivity contribution in [3.63, 3.8) is 0 Å². The quantitative estimate of drug-likeness (QED) is 0.829. The molecule has 0 bridgehead atoms. The van der Waals surface area contributed by atoms with Crippen molar-refractivity contribution in [2.45, 2.75) is 39.2 Å². The van der Waals surface area contributed by atoms with Gasteiger partial charge in [-0.3, -0.25) is 0 Å². The van der Waals surface area contributed by atoms with Gasteiger partial charge < -0.3 is 14.7 Å². The molecule has 106 valence electrons. The monoisotopic (exact) mass is 263 g/mol. The molecule has 1 aromatic rings. The molecule has 0 spiro atoms. The summed E-state index contributed by atoms with van der Waals surface area (Å²) in [4.78, 5) is 2.33. The Morgan fingerprint density at radius 2 is 2.21 bits per heavy atom. The average Bonchev–Trinajstić information content (AvgIpc) is 2.37. The van der Waals surface area contributed by atoms with E-state index >= 15 is 0 Å². The maximum Gasteiger partial charge on any atom is 0.122 e. The molecule has 1 aromatic carbocycles. The van der Waals surface area contributed by atoms with Crippen molar-refractivity contribution in [2.75, 3.05) is 26.2 Å². The first kappa shape index (κ1) is 14.4. The summed E-state index contributed by atoms with van der Waals surface area (Å²) in [5.74, 6) is 0.990. The molecule has 1 aliphatic heterocycles. The number of hydrogen-bond acceptors (Lipinski definition) is 3. The molecule has 1 aliphatic rings. The van der Waals surface area contributed by atoms with Crippen LogP contribution in [0.3, 0.4) is 0 Å². The average molecular weight is 263 g/mol. The normalized spacial score (nSPS) is 20.5. The molecule has 0 aliphatic carbocycles. The number of β-amino-alcohol motifs (C(OH)–C–C–N with tert-alkyl or cyclic N) is 1. The Balaban J connectivity index is 1.69. The molecule has 1 fully saturated rings. The van der Waals surface area contributed by atoms with Crippen molar-refractivity contribution in [2.24, 2.45) is 0 Å². The van der Waals surface area contributed by atoms with Gasteiger partial charge in [0.1, 0.15) is 5.75 Å². The minimum atomic E-state index is -0.131. The standard InChI is InChI=1S/C16H25NO2/c1-13-6-7-16(14(2)11-13)19-10-4-9-17-8-3-5-15(18)12-17/h6-7,11,15,18H,3-5,8-10,12H2,1-2H3. The molecular weight excluding hydrogens is 238 g/mol. The highest BCUT2D eigenvalue weighted by Gasteiger charge is 2.16. The van der Waals surface area contributed by atoms with Crippen LogP contribution in [-0.2, 0) is 0 Å². The van der Waals surface area contributed by atoms with Gasteiger partial charge in [0.25, 0.3) is 0 Å². The summed E-state index contributed by atoms with van der Waals surface area (Å²) in [6, 6.07) is 6.29. The fourth-order valence-electron chi connectivity index (χ4n) is 2.67. The Labute approximate surface area is 116 Å². The van der Waals surface area contributed by atoms with Crippen molar-refractivity contribution in [3.05, 3.63) is 29.3 Å². The lowest BCUT2D eigenvalue weighted by Gasteiger charge is -2.29. The van der Waals surface area contributed by atoms with E-state index in [2.05, 4.69) is 36.9 Å². The molecule has 0 amide bonds. The minimum absolute atomic E-state index is 0.131. The van der Waals surface area contributed by atoms with Crippen LogP contribution in [0.1, 0.15) is 30.4 Å². The van der Waals surface area contributed by atoms with Gasteiger partial charge in [0.15, 0.2) is 0 Å². The number of piperidine rings is 1. The van der Waals surface area contributed by atoms with Crippen LogP contribution in [0.25, 0.3) is 0 Å². The summed E-state index contributed by atoms with van der Waals surface area (Å²) in [5.41, 5.74) is 2.47. The van der Waals surface area contributed by atoms with Gasteiger partial charge in [0.2, 0.25) is 0 Å². The first-order valence-corrected chi connectivity index (χ1v) is 7.25. The smallest absolute Gasteiger partial charge is 0.122 e. The summed E-state index contributed by atoms with van der Waals surface area (Å²) < 4.78 is 5.82. The topological polar surface area (TPSA) is 32.7 Å². The fraction of sp³-hybridized carbons (Fsp3) is 0.625. The summed E-state index contributed by atoms with van der Waals surface area (Å²) >= 11 is 0. The first-order chi connectivity index (χ1) is 9.15. The van der Waals surface area contributed by atoms with Crippen molar-refractivity contribution in [1.82, 2.24) is 4.90 Å². The van der Waals surface area contributed by atoms with Crippen molar-refractivity contribution in [3.8, 4) is 5.75 Å². The number of hydrogen-bond donors (Lipinski definition) is 1. The lowest BCUT2D eigenvalue weighted by molar-refractivity contribution is 0.0679. The summed E-state index contributed by atoms with van der Waals surface area (Å²) in [5, 5.41) is 9.60. The number of rotatable bonds is 5. The van der Waals surface area contributed by atoms with Gasteiger partial charge in [-0.2, -0.15) is 0 Å². The van der Waals surface area contributed by atoms with E-state index < -0.39 is 0 Å². The van der Waals surface area contributed by atoms with Crippen LogP contribution in [0.5, 0.6) is 5.75 Å². The van der Waals surface area contributed by atoms with Gasteiger partial charge in [0, 0.05) is 13.1 Å². The molecule has 1 saturated heterocycles. The van der Waals surface area contributed by atoms with Gasteiger partial charge in [0.05, 0.1) is 12.7 Å². The van der Waals surface area contributed by atoms with Gasteiger partial charge in [-0.1, -0.05) is 17.7 Å². The molecule has 3 nitrogen and oxygen atoms in total. The number of nitrogens with zero attached hydrogens (tertiary/aromatic N) is 1. The van der Waals surface area contributed by atoms with Crippen LogP contribution in [0.2, 0.25) is 0 Å². The van der Waals surface area contributed by atoms with E-state index in [9.17, 15) is 5.11 Å². The maximum atomic E-state index is 9.60. The molecule has 1 N–H and O–H groups in total. The second-order valence-electron chi connectivity index (χ2n) is 5.57. The van der Waals surface area contributed by atoms with Crippen molar-refractivity contribution in [1.29, 1.82) is 0 Å². The summed E-state index contributed by atoms with van der Waals surface area (Å²) in [7, 11) is 0. The zero-order valence-corrected chi connectivity index (χ0v) is 12.1. The van der Waals surface area contributed by atoms with E-state index in [0.717, 1.165) is 51.3 Å². The number of ether oxygens (including phenoxy) is 1. The Bertz CT molecular complexity index is 406. The third-order valence-electron chi connectivity index (χ3n) is 3.69. The highest BCUT2D eigenvalue weighted by molar-refractivity contribution is 5.35. The molecule has 0 radical (unpaired) electrons. The third-order valence-corrected chi connectivity index (χ3v) is 3.69. The molecule has 19 heavy (non-hydrogen) atoms. The molecule has 0 saturated carbocycles. The predicted octanol–water partition coefficient (Wildman–Crippen LogP) is 2.53. The van der Waals surface area contributed by atoms with E-state index in [-0.39, 0.29) is 6.10 Å². The SMILES string of the molecule is Cc1ccc(OCCCN2CCCC(O)C2)c(C)c1. The number of likely N-dealkylation sites (tertiary alicyclic amines) is 1. The Hall–Kier alpha value is -1.06. The Morgan fingerprint density at radius 3 is 2.95 bits per heavy atom. The van der Waals surface area contributed by atoms with Crippen molar-refractivity contribution >= 4 is 0 Å². The largest absolute Gasteiger partial charge is 0.493 e. The molecule has 2 rings (SSSR count). The maximum absolute atomic E-state index is 9.60. The summed E-state index contributed by atoms with van der Waals surface area (Å²) in [6.45, 7) is 7.88. The number of benzene rings is 1. The molecular formula is C16H25NO2. The molecule has 1 heterocycles. The lowest BCUT2D eigenvalue weighted by atomic mass is 10.1. The Kier molecular flexibility index (Phi) is 5.23. The number of aliphatic hydroxyl groups is 1. The van der Waals surface area contributed by atoms with Gasteiger partial charge in [-0.05, 0) is 51.3 Å². The second kappa shape index (κ2) is 6.92. The number of aryl methyl sites for hydroxylation is 2. The fourth-order valence-corrected chi connectivity index (χ4v) is 2.67. The summed E-state index contributed by atoms with van der Waals surface area (Å²) in [6.07, 6.45) is 2.95. The zero-order chi connectivity index (χ0) is 13.7. The third kappa shape index (κ3) is 4.51. The minimum Gasteiger partial charge on any atom is -0.493 e. The van der Waals surface area contributed by atoms with Crippen LogP contribution in [0.4, 0.5) is 0 Å².